The van der Waals surface area contributed by atoms with Gasteiger partial charge in [0.2, 0.25) is 0 Å². The summed E-state index contributed by atoms with van der Waals surface area (Å²) in [6, 6.07) is 8.96. The number of aliphatic hydroxyl groups is 1. The fourth-order valence-electron chi connectivity index (χ4n) is 2.54. The molecule has 0 radical (unpaired) electrons. The molecule has 2 aromatic carbocycles. The molecule has 1 atom stereocenters. The molecule has 0 heterocycles. The van der Waals surface area contributed by atoms with Crippen molar-refractivity contribution in [1.29, 1.82) is 0 Å². The van der Waals surface area contributed by atoms with Crippen LogP contribution in [0.25, 0.3) is 0 Å². The van der Waals surface area contributed by atoms with Gasteiger partial charge in [-0.15, -0.1) is 0 Å². The molecule has 0 aliphatic heterocycles. The minimum Gasteiger partial charge on any atom is -0.381 e. The second-order valence-electron chi connectivity index (χ2n) is 5.79. The molecule has 20 heavy (non-hydrogen) atoms. The quantitative estimate of drug-likeness (QED) is 0.863. The highest BCUT2D eigenvalue weighted by molar-refractivity contribution is 5.45. The van der Waals surface area contributed by atoms with Crippen molar-refractivity contribution in [1.82, 2.24) is 0 Å². The van der Waals surface area contributed by atoms with Gasteiger partial charge in [0.05, 0.1) is 0 Å². The van der Waals surface area contributed by atoms with Gasteiger partial charge in [0, 0.05) is 0 Å². The van der Waals surface area contributed by atoms with Crippen LogP contribution in [0.2, 0.25) is 0 Å². The van der Waals surface area contributed by atoms with Crippen molar-refractivity contribution in [2.45, 2.75) is 40.2 Å². The van der Waals surface area contributed by atoms with Gasteiger partial charge >= 0.3 is 0 Å². The maximum absolute atomic E-state index is 13.8. The highest BCUT2D eigenvalue weighted by Crippen LogP contribution is 2.33. The lowest BCUT2D eigenvalue weighted by Gasteiger charge is -2.27. The van der Waals surface area contributed by atoms with Crippen LogP contribution in [-0.4, -0.2) is 5.11 Å². The van der Waals surface area contributed by atoms with Crippen molar-refractivity contribution in [3.8, 4) is 0 Å². The third-order valence-electron chi connectivity index (χ3n) is 4.10. The zero-order chi connectivity index (χ0) is 15.1. The van der Waals surface area contributed by atoms with Crippen molar-refractivity contribution in [2.75, 3.05) is 0 Å². The van der Waals surface area contributed by atoms with Crippen LogP contribution in [0.15, 0.2) is 30.3 Å². The second-order valence-corrected chi connectivity index (χ2v) is 5.79. The van der Waals surface area contributed by atoms with Gasteiger partial charge in [-0.3, -0.25) is 0 Å². The molecule has 0 aromatic heterocycles. The van der Waals surface area contributed by atoms with Gasteiger partial charge in [-0.2, -0.15) is 0 Å². The first kappa shape index (κ1) is 14.7. The van der Waals surface area contributed by atoms with Gasteiger partial charge in [-0.25, -0.2) is 4.39 Å². The van der Waals surface area contributed by atoms with Crippen LogP contribution in [0.5, 0.6) is 0 Å². The number of hydrogen-bond donors (Lipinski definition) is 1. The van der Waals surface area contributed by atoms with E-state index in [4.69, 9.17) is 0 Å². The Hall–Kier alpha value is -1.67. The third kappa shape index (κ3) is 2.48. The SMILES string of the molecule is Cc1cc(C)c(C(C)(O)c2ccc(C)c(F)c2)cc1C. The molecular formula is C18H21FO. The maximum Gasteiger partial charge on any atom is 0.126 e. The maximum atomic E-state index is 13.8. The Labute approximate surface area is 120 Å². The first-order valence-corrected chi connectivity index (χ1v) is 6.81. The van der Waals surface area contributed by atoms with E-state index in [1.165, 1.54) is 11.6 Å². The van der Waals surface area contributed by atoms with Gasteiger partial charge in [0.15, 0.2) is 0 Å². The van der Waals surface area contributed by atoms with Gasteiger partial charge < -0.3 is 5.11 Å². The zero-order valence-electron chi connectivity index (χ0n) is 12.7. The van der Waals surface area contributed by atoms with E-state index in [1.54, 1.807) is 26.0 Å². The minimum atomic E-state index is -1.20. The Morgan fingerprint density at radius 1 is 0.850 bits per heavy atom. The summed E-state index contributed by atoms with van der Waals surface area (Å²) in [6.07, 6.45) is 0. The molecule has 0 spiro atoms. The monoisotopic (exact) mass is 272 g/mol. The predicted molar refractivity (Wildman–Crippen MR) is 80.5 cm³/mol. The fourth-order valence-corrected chi connectivity index (χ4v) is 2.54. The summed E-state index contributed by atoms with van der Waals surface area (Å²) in [5.74, 6) is -0.288. The molecule has 0 saturated heterocycles. The van der Waals surface area contributed by atoms with Crippen LogP contribution in [-0.2, 0) is 5.60 Å². The summed E-state index contributed by atoms with van der Waals surface area (Å²) in [5, 5.41) is 10.9. The lowest BCUT2D eigenvalue weighted by molar-refractivity contribution is 0.101. The van der Waals surface area contributed by atoms with Gasteiger partial charge in [-0.1, -0.05) is 24.3 Å². The largest absolute Gasteiger partial charge is 0.381 e. The topological polar surface area (TPSA) is 20.2 Å². The summed E-state index contributed by atoms with van der Waals surface area (Å²) in [4.78, 5) is 0. The molecule has 0 saturated carbocycles. The molecule has 106 valence electrons. The second kappa shape index (κ2) is 5.02. The molecule has 0 fully saturated rings. The predicted octanol–water partition coefficient (Wildman–Crippen LogP) is 4.32. The number of benzene rings is 2. The van der Waals surface area contributed by atoms with Crippen LogP contribution in [0.4, 0.5) is 4.39 Å². The average Bonchev–Trinajstić information content (AvgIpc) is 2.36. The minimum absolute atomic E-state index is 0.288. The lowest BCUT2D eigenvalue weighted by Crippen LogP contribution is -2.24. The van der Waals surface area contributed by atoms with Crippen LogP contribution in [0, 0.1) is 33.5 Å². The molecule has 0 aliphatic carbocycles. The van der Waals surface area contributed by atoms with E-state index in [2.05, 4.69) is 6.07 Å². The highest BCUT2D eigenvalue weighted by Gasteiger charge is 2.28. The Bertz CT molecular complexity index is 657. The van der Waals surface area contributed by atoms with Crippen molar-refractivity contribution in [3.05, 3.63) is 69.5 Å². The molecule has 0 aliphatic rings. The Morgan fingerprint density at radius 2 is 1.45 bits per heavy atom. The van der Waals surface area contributed by atoms with Crippen molar-refractivity contribution in [2.24, 2.45) is 0 Å². The van der Waals surface area contributed by atoms with Crippen molar-refractivity contribution in [3.63, 3.8) is 0 Å². The Morgan fingerprint density at radius 3 is 2.05 bits per heavy atom. The zero-order valence-corrected chi connectivity index (χ0v) is 12.7. The van der Waals surface area contributed by atoms with Gasteiger partial charge in [0.25, 0.3) is 0 Å². The summed E-state index contributed by atoms with van der Waals surface area (Å²) in [7, 11) is 0. The molecule has 2 heteroatoms. The van der Waals surface area contributed by atoms with E-state index in [-0.39, 0.29) is 5.82 Å². The van der Waals surface area contributed by atoms with Crippen LogP contribution < -0.4 is 0 Å². The van der Waals surface area contributed by atoms with E-state index in [0.29, 0.717) is 11.1 Å². The van der Waals surface area contributed by atoms with Crippen LogP contribution in [0.1, 0.15) is 40.3 Å². The number of hydrogen-bond acceptors (Lipinski definition) is 1. The molecular weight excluding hydrogens is 251 g/mol. The molecule has 0 amide bonds. The summed E-state index contributed by atoms with van der Waals surface area (Å²) < 4.78 is 13.8. The lowest BCUT2D eigenvalue weighted by atomic mass is 9.83. The molecule has 2 rings (SSSR count). The number of halogens is 1. The van der Waals surface area contributed by atoms with Gasteiger partial charge in [0.1, 0.15) is 11.4 Å². The molecule has 1 nitrogen and oxygen atoms in total. The van der Waals surface area contributed by atoms with E-state index in [1.807, 2.05) is 26.8 Å². The van der Waals surface area contributed by atoms with Gasteiger partial charge in [-0.05, 0) is 74.1 Å². The number of rotatable bonds is 2. The summed E-state index contributed by atoms with van der Waals surface area (Å²) in [5.41, 5.74) is 4.11. The van der Waals surface area contributed by atoms with E-state index >= 15 is 0 Å². The standard InChI is InChI=1S/C18H21FO/c1-11-6-7-15(10-17(11)19)18(5,20)16-9-13(3)12(2)8-14(16)4/h6-10,20H,1-5H3. The molecule has 1 unspecified atom stereocenters. The smallest absolute Gasteiger partial charge is 0.126 e. The first-order chi connectivity index (χ1) is 9.23. The Kier molecular flexibility index (Phi) is 3.70. The number of aryl methyl sites for hydroxylation is 4. The average molecular weight is 272 g/mol. The highest BCUT2D eigenvalue weighted by atomic mass is 19.1. The van der Waals surface area contributed by atoms with E-state index < -0.39 is 5.60 Å². The third-order valence-corrected chi connectivity index (χ3v) is 4.10. The first-order valence-electron chi connectivity index (χ1n) is 6.81. The molecule has 1 N–H and O–H groups in total. The summed E-state index contributed by atoms with van der Waals surface area (Å²) >= 11 is 0. The van der Waals surface area contributed by atoms with E-state index in [0.717, 1.165) is 16.7 Å². The normalized spacial score (nSPS) is 14.2. The fraction of sp³-hybridized carbons (Fsp3) is 0.333. The summed E-state index contributed by atoms with van der Waals surface area (Å²) in [6.45, 7) is 9.47. The van der Waals surface area contributed by atoms with Crippen molar-refractivity contribution >= 4 is 0 Å². The van der Waals surface area contributed by atoms with Crippen molar-refractivity contribution < 1.29 is 9.50 Å². The van der Waals surface area contributed by atoms with Crippen LogP contribution >= 0.6 is 0 Å². The van der Waals surface area contributed by atoms with Crippen LogP contribution in [0.3, 0.4) is 0 Å². The Balaban J connectivity index is 2.59. The van der Waals surface area contributed by atoms with E-state index in [9.17, 15) is 9.50 Å². The molecule has 2 aromatic rings. The molecule has 0 bridgehead atoms.